The molecule has 0 aliphatic carbocycles. The Hall–Kier alpha value is -3.16. The first-order valence-corrected chi connectivity index (χ1v) is 6.01. The second kappa shape index (κ2) is 4.75. The zero-order valence-electron chi connectivity index (χ0n) is 11.0. The average molecular weight is 285 g/mol. The number of aromatic hydroxyl groups is 3. The average Bonchev–Trinajstić information content (AvgIpc) is 2.79. The van der Waals surface area contributed by atoms with Crippen molar-refractivity contribution in [2.75, 3.05) is 0 Å². The molecule has 0 unspecified atom stereocenters. The van der Waals surface area contributed by atoms with Crippen molar-refractivity contribution in [3.05, 3.63) is 30.3 Å². The van der Waals surface area contributed by atoms with E-state index in [0.29, 0.717) is 11.2 Å². The number of fused-ring (bicyclic) bond motifs is 1. The van der Waals surface area contributed by atoms with E-state index in [1.807, 2.05) is 0 Å². The number of aryl methyl sites for hydroxylation is 1. The third-order valence-electron chi connectivity index (χ3n) is 2.91. The molecule has 0 saturated carbocycles. The van der Waals surface area contributed by atoms with Crippen molar-refractivity contribution < 1.29 is 15.3 Å². The molecular formula is C13H11N5O3. The Balaban J connectivity index is 1.98. The minimum absolute atomic E-state index is 0.118. The Labute approximate surface area is 118 Å². The van der Waals surface area contributed by atoms with Gasteiger partial charge in [0.1, 0.15) is 11.3 Å². The van der Waals surface area contributed by atoms with Crippen LogP contribution in [0.4, 0.5) is 11.4 Å². The fourth-order valence-corrected chi connectivity index (χ4v) is 1.89. The zero-order valence-corrected chi connectivity index (χ0v) is 11.0. The van der Waals surface area contributed by atoms with Crippen LogP contribution in [0.15, 0.2) is 40.6 Å². The lowest BCUT2D eigenvalue weighted by atomic mass is 10.2. The van der Waals surface area contributed by atoms with Crippen LogP contribution in [0.3, 0.4) is 0 Å². The van der Waals surface area contributed by atoms with Crippen molar-refractivity contribution >= 4 is 22.4 Å². The van der Waals surface area contributed by atoms with E-state index in [4.69, 9.17) is 0 Å². The first-order valence-electron chi connectivity index (χ1n) is 6.01. The van der Waals surface area contributed by atoms with Crippen LogP contribution in [-0.2, 0) is 7.05 Å². The monoisotopic (exact) mass is 285 g/mol. The van der Waals surface area contributed by atoms with E-state index in [1.54, 1.807) is 29.9 Å². The maximum Gasteiger partial charge on any atom is 0.169 e. The summed E-state index contributed by atoms with van der Waals surface area (Å²) in [5.74, 6) is -0.987. The summed E-state index contributed by atoms with van der Waals surface area (Å²) >= 11 is 0. The van der Waals surface area contributed by atoms with E-state index in [1.165, 1.54) is 0 Å². The topological polar surface area (TPSA) is 116 Å². The molecule has 0 atom stereocenters. The number of nitrogens with zero attached hydrogens (tertiary/aromatic N) is 5. The van der Waals surface area contributed by atoms with Gasteiger partial charge in [-0.05, 0) is 18.2 Å². The Bertz CT molecular complexity index is 833. The molecule has 2 aromatic carbocycles. The van der Waals surface area contributed by atoms with E-state index in [0.717, 1.165) is 17.6 Å². The predicted molar refractivity (Wildman–Crippen MR) is 74.1 cm³/mol. The van der Waals surface area contributed by atoms with Gasteiger partial charge in [-0.1, -0.05) is 5.21 Å². The number of hydrogen-bond acceptors (Lipinski definition) is 7. The molecule has 1 aromatic heterocycles. The summed E-state index contributed by atoms with van der Waals surface area (Å²) < 4.78 is 1.63. The van der Waals surface area contributed by atoms with E-state index in [9.17, 15) is 15.3 Å². The van der Waals surface area contributed by atoms with Crippen molar-refractivity contribution in [3.8, 4) is 17.2 Å². The summed E-state index contributed by atoms with van der Waals surface area (Å²) in [5, 5.41) is 44.0. The maximum absolute atomic E-state index is 9.63. The molecule has 1 heterocycles. The molecule has 21 heavy (non-hydrogen) atoms. The summed E-state index contributed by atoms with van der Waals surface area (Å²) in [6.07, 6.45) is 0. The molecule has 0 radical (unpaired) electrons. The Morgan fingerprint density at radius 1 is 1.00 bits per heavy atom. The Morgan fingerprint density at radius 2 is 1.71 bits per heavy atom. The number of phenols is 3. The molecule has 0 amide bonds. The number of benzene rings is 2. The smallest absolute Gasteiger partial charge is 0.169 e. The molecular weight excluding hydrogens is 274 g/mol. The summed E-state index contributed by atoms with van der Waals surface area (Å²) in [4.78, 5) is 0. The van der Waals surface area contributed by atoms with Gasteiger partial charge in [-0.15, -0.1) is 10.2 Å². The van der Waals surface area contributed by atoms with Gasteiger partial charge in [0.15, 0.2) is 17.2 Å². The quantitative estimate of drug-likeness (QED) is 0.625. The minimum Gasteiger partial charge on any atom is -0.508 e. The zero-order chi connectivity index (χ0) is 15.0. The second-order valence-electron chi connectivity index (χ2n) is 4.42. The fraction of sp³-hybridized carbons (Fsp3) is 0.0769. The number of phenolic OH excluding ortho intramolecular Hbond substituents is 3. The number of azo groups is 1. The van der Waals surface area contributed by atoms with Gasteiger partial charge >= 0.3 is 0 Å². The first kappa shape index (κ1) is 12.9. The van der Waals surface area contributed by atoms with Crippen molar-refractivity contribution in [1.82, 2.24) is 15.0 Å². The molecule has 3 aromatic rings. The van der Waals surface area contributed by atoms with Crippen LogP contribution in [0.1, 0.15) is 0 Å². The number of hydrogen-bond donors (Lipinski definition) is 3. The lowest BCUT2D eigenvalue weighted by Gasteiger charge is -2.02. The highest BCUT2D eigenvalue weighted by Gasteiger charge is 2.09. The molecule has 0 spiro atoms. The molecule has 0 saturated heterocycles. The van der Waals surface area contributed by atoms with Crippen molar-refractivity contribution in [3.63, 3.8) is 0 Å². The van der Waals surface area contributed by atoms with Crippen LogP contribution in [0.5, 0.6) is 17.2 Å². The summed E-state index contributed by atoms with van der Waals surface area (Å²) in [6, 6.07) is 7.32. The molecule has 0 fully saturated rings. The number of rotatable bonds is 2. The first-order chi connectivity index (χ1) is 10.0. The highest BCUT2D eigenvalue weighted by atomic mass is 16.3. The lowest BCUT2D eigenvalue weighted by molar-refractivity contribution is 0.429. The normalized spacial score (nSPS) is 11.5. The molecule has 106 valence electrons. The highest BCUT2D eigenvalue weighted by Crippen LogP contribution is 2.40. The second-order valence-corrected chi connectivity index (χ2v) is 4.42. The minimum atomic E-state index is -0.364. The largest absolute Gasteiger partial charge is 0.508 e. The van der Waals surface area contributed by atoms with Gasteiger partial charge in [-0.3, -0.25) is 0 Å². The van der Waals surface area contributed by atoms with Gasteiger partial charge in [-0.25, -0.2) is 4.68 Å². The molecule has 0 aliphatic rings. The lowest BCUT2D eigenvalue weighted by Crippen LogP contribution is -1.88. The molecule has 8 heteroatoms. The molecule has 3 rings (SSSR count). The molecule has 0 bridgehead atoms. The third-order valence-corrected chi connectivity index (χ3v) is 2.91. The van der Waals surface area contributed by atoms with Gasteiger partial charge in [0, 0.05) is 19.2 Å². The van der Waals surface area contributed by atoms with Gasteiger partial charge in [0.25, 0.3) is 0 Å². The van der Waals surface area contributed by atoms with E-state index in [2.05, 4.69) is 20.5 Å². The van der Waals surface area contributed by atoms with Gasteiger partial charge < -0.3 is 15.3 Å². The summed E-state index contributed by atoms with van der Waals surface area (Å²) in [7, 11) is 1.78. The van der Waals surface area contributed by atoms with Crippen molar-refractivity contribution in [2.45, 2.75) is 0 Å². The van der Waals surface area contributed by atoms with Gasteiger partial charge in [0.05, 0.1) is 11.2 Å². The molecule has 0 aliphatic heterocycles. The molecule has 3 N–H and O–H groups in total. The highest BCUT2D eigenvalue weighted by molar-refractivity contribution is 5.77. The van der Waals surface area contributed by atoms with E-state index < -0.39 is 0 Å². The van der Waals surface area contributed by atoms with Crippen LogP contribution in [0, 0.1) is 0 Å². The Morgan fingerprint density at radius 3 is 2.43 bits per heavy atom. The predicted octanol–water partition coefficient (Wildman–Crippen LogP) is 2.50. The van der Waals surface area contributed by atoms with Crippen LogP contribution in [0.25, 0.3) is 11.0 Å². The van der Waals surface area contributed by atoms with Gasteiger partial charge in [-0.2, -0.15) is 5.11 Å². The van der Waals surface area contributed by atoms with E-state index >= 15 is 0 Å². The maximum atomic E-state index is 9.63. The summed E-state index contributed by atoms with van der Waals surface area (Å²) in [5.41, 5.74) is 1.89. The van der Waals surface area contributed by atoms with Crippen LogP contribution in [0.2, 0.25) is 0 Å². The van der Waals surface area contributed by atoms with Gasteiger partial charge in [0.2, 0.25) is 0 Å². The van der Waals surface area contributed by atoms with Crippen LogP contribution >= 0.6 is 0 Å². The fourth-order valence-electron chi connectivity index (χ4n) is 1.89. The van der Waals surface area contributed by atoms with Crippen LogP contribution in [-0.4, -0.2) is 30.3 Å². The SMILES string of the molecule is Cn1nnc2cc(N=Nc3c(O)cc(O)cc3O)ccc21. The standard InChI is InChI=1S/C13H11N5O3/c1-18-10-3-2-7(4-9(10)15-17-18)14-16-13-11(20)5-8(19)6-12(13)21/h2-6,19-21H,1H3. The third kappa shape index (κ3) is 2.34. The van der Waals surface area contributed by atoms with E-state index in [-0.39, 0.29) is 22.9 Å². The molecule has 8 nitrogen and oxygen atoms in total. The van der Waals surface area contributed by atoms with Crippen molar-refractivity contribution in [2.24, 2.45) is 17.3 Å². The van der Waals surface area contributed by atoms with Crippen molar-refractivity contribution in [1.29, 1.82) is 0 Å². The van der Waals surface area contributed by atoms with Crippen LogP contribution < -0.4 is 0 Å². The summed E-state index contributed by atoms with van der Waals surface area (Å²) in [6.45, 7) is 0. The Kier molecular flexibility index (Phi) is 2.90. The number of aromatic nitrogens is 3.